The maximum absolute atomic E-state index is 12.4. The summed E-state index contributed by atoms with van der Waals surface area (Å²) in [7, 11) is 0. The molecule has 1 heterocycles. The number of urea groups is 1. The number of hydrogen-bond donors (Lipinski definition) is 2. The average Bonchev–Trinajstić information content (AvgIpc) is 2.70. The maximum Gasteiger partial charge on any atom is 0.319 e. The highest BCUT2D eigenvalue weighted by Crippen LogP contribution is 2.21. The second-order valence-corrected chi connectivity index (χ2v) is 7.82. The van der Waals surface area contributed by atoms with Gasteiger partial charge in [0.05, 0.1) is 0 Å². The molecule has 0 aromatic heterocycles. The number of piperidine rings is 1. The van der Waals surface area contributed by atoms with E-state index in [0.717, 1.165) is 43.5 Å². The summed E-state index contributed by atoms with van der Waals surface area (Å²) in [5.41, 5.74) is 2.45. The van der Waals surface area contributed by atoms with E-state index in [4.69, 9.17) is 0 Å². The van der Waals surface area contributed by atoms with E-state index in [-0.39, 0.29) is 12.1 Å². The lowest BCUT2D eigenvalue weighted by Crippen LogP contribution is -2.46. The summed E-state index contributed by atoms with van der Waals surface area (Å²) in [6, 6.07) is 14.4. The van der Waals surface area contributed by atoms with E-state index in [1.165, 1.54) is 31.1 Å². The van der Waals surface area contributed by atoms with Crippen molar-refractivity contribution in [1.29, 1.82) is 0 Å². The van der Waals surface area contributed by atoms with Crippen LogP contribution in [0.3, 0.4) is 0 Å². The Bertz CT molecular complexity index is 821. The number of allylic oxidation sites excluding steroid dienone is 1. The van der Waals surface area contributed by atoms with Crippen LogP contribution in [-0.2, 0) is 0 Å². The SMILES string of the molecule is O=C(Nc1ccc2ccccc2c1)NC1CCN(CC2=CCCCC2)CC1. The smallest absolute Gasteiger partial charge is 0.319 e. The van der Waals surface area contributed by atoms with Gasteiger partial charge in [-0.25, -0.2) is 4.79 Å². The molecule has 2 N–H and O–H groups in total. The lowest BCUT2D eigenvalue weighted by Gasteiger charge is -2.33. The van der Waals surface area contributed by atoms with Gasteiger partial charge < -0.3 is 10.6 Å². The largest absolute Gasteiger partial charge is 0.335 e. The van der Waals surface area contributed by atoms with Crippen LogP contribution in [0, 0.1) is 0 Å². The number of anilines is 1. The number of carbonyl (C=O) groups excluding carboxylic acids is 1. The van der Waals surface area contributed by atoms with E-state index < -0.39 is 0 Å². The van der Waals surface area contributed by atoms with Crippen LogP contribution in [0.25, 0.3) is 10.8 Å². The Balaban J connectivity index is 1.24. The van der Waals surface area contributed by atoms with Crippen molar-refractivity contribution in [2.75, 3.05) is 25.0 Å². The second-order valence-electron chi connectivity index (χ2n) is 7.82. The molecular weight excluding hydrogens is 334 g/mol. The molecule has 0 spiro atoms. The van der Waals surface area contributed by atoms with Crippen LogP contribution in [0.2, 0.25) is 0 Å². The molecule has 0 bridgehead atoms. The topological polar surface area (TPSA) is 44.4 Å². The quantitative estimate of drug-likeness (QED) is 0.757. The molecule has 0 atom stereocenters. The van der Waals surface area contributed by atoms with Gasteiger partial charge in [-0.2, -0.15) is 0 Å². The molecule has 1 fully saturated rings. The number of likely N-dealkylation sites (tertiary alicyclic amines) is 1. The van der Waals surface area contributed by atoms with Crippen LogP contribution in [0.15, 0.2) is 54.1 Å². The summed E-state index contributed by atoms with van der Waals surface area (Å²) in [4.78, 5) is 14.9. The van der Waals surface area contributed by atoms with E-state index >= 15 is 0 Å². The van der Waals surface area contributed by atoms with Gasteiger partial charge in [0.25, 0.3) is 0 Å². The molecule has 2 aromatic carbocycles. The van der Waals surface area contributed by atoms with Gasteiger partial charge in [-0.3, -0.25) is 4.90 Å². The van der Waals surface area contributed by atoms with Crippen LogP contribution in [-0.4, -0.2) is 36.6 Å². The first kappa shape index (κ1) is 18.1. The summed E-state index contributed by atoms with van der Waals surface area (Å²) in [5.74, 6) is 0. The van der Waals surface area contributed by atoms with Crippen LogP contribution < -0.4 is 10.6 Å². The summed E-state index contributed by atoms with van der Waals surface area (Å²) in [5, 5.41) is 8.46. The number of fused-ring (bicyclic) bond motifs is 1. The molecule has 142 valence electrons. The van der Waals surface area contributed by atoms with Gasteiger partial charge in [-0.1, -0.05) is 42.0 Å². The Kier molecular flexibility index (Phi) is 5.73. The highest BCUT2D eigenvalue weighted by atomic mass is 16.2. The summed E-state index contributed by atoms with van der Waals surface area (Å²) in [6.45, 7) is 3.26. The Morgan fingerprint density at radius 3 is 2.63 bits per heavy atom. The molecule has 1 aliphatic carbocycles. The van der Waals surface area contributed by atoms with E-state index in [1.807, 2.05) is 30.3 Å². The molecule has 2 aromatic rings. The second kappa shape index (κ2) is 8.57. The van der Waals surface area contributed by atoms with Crippen molar-refractivity contribution in [3.63, 3.8) is 0 Å². The van der Waals surface area contributed by atoms with Crippen LogP contribution in [0.1, 0.15) is 38.5 Å². The first-order valence-electron chi connectivity index (χ1n) is 10.2. The van der Waals surface area contributed by atoms with Crippen LogP contribution in [0.5, 0.6) is 0 Å². The van der Waals surface area contributed by atoms with Crippen molar-refractivity contribution in [2.45, 2.75) is 44.6 Å². The fourth-order valence-electron chi connectivity index (χ4n) is 4.19. The van der Waals surface area contributed by atoms with E-state index in [1.54, 1.807) is 5.57 Å². The van der Waals surface area contributed by atoms with Gasteiger partial charge in [0.2, 0.25) is 0 Å². The Morgan fingerprint density at radius 2 is 1.85 bits per heavy atom. The standard InChI is InChI=1S/C23H29N3O/c27-23(25-22-11-10-19-8-4-5-9-20(19)16-22)24-21-12-14-26(15-13-21)17-18-6-2-1-3-7-18/h4-6,8-11,16,21H,1-3,7,12-15,17H2,(H2,24,25,27). The molecule has 4 rings (SSSR count). The third-order valence-electron chi connectivity index (χ3n) is 5.74. The fourth-order valence-corrected chi connectivity index (χ4v) is 4.19. The fraction of sp³-hybridized carbons (Fsp3) is 0.435. The summed E-state index contributed by atoms with van der Waals surface area (Å²) in [6.07, 6.45) is 9.71. The van der Waals surface area contributed by atoms with Crippen molar-refractivity contribution in [3.05, 3.63) is 54.1 Å². The normalized spacial score (nSPS) is 18.9. The molecule has 2 aliphatic rings. The Labute approximate surface area is 161 Å². The number of nitrogens with one attached hydrogen (secondary N) is 2. The van der Waals surface area contributed by atoms with Gasteiger partial charge in [-0.15, -0.1) is 0 Å². The minimum atomic E-state index is -0.0984. The van der Waals surface area contributed by atoms with E-state index in [0.29, 0.717) is 0 Å². The average molecular weight is 364 g/mol. The van der Waals surface area contributed by atoms with Crippen LogP contribution in [0.4, 0.5) is 10.5 Å². The summed E-state index contributed by atoms with van der Waals surface area (Å²) < 4.78 is 0. The molecule has 4 nitrogen and oxygen atoms in total. The predicted molar refractivity (Wildman–Crippen MR) is 112 cm³/mol. The van der Waals surface area contributed by atoms with Gasteiger partial charge in [-0.05, 0) is 61.4 Å². The zero-order chi connectivity index (χ0) is 18.5. The maximum atomic E-state index is 12.4. The monoisotopic (exact) mass is 363 g/mol. The molecule has 1 saturated heterocycles. The zero-order valence-electron chi connectivity index (χ0n) is 15.9. The van der Waals surface area contributed by atoms with Crippen molar-refractivity contribution in [3.8, 4) is 0 Å². The van der Waals surface area contributed by atoms with Gasteiger partial charge in [0.15, 0.2) is 0 Å². The number of hydrogen-bond acceptors (Lipinski definition) is 2. The first-order chi connectivity index (χ1) is 13.3. The molecule has 2 amide bonds. The summed E-state index contributed by atoms with van der Waals surface area (Å²) >= 11 is 0. The third kappa shape index (κ3) is 4.89. The number of carbonyl (C=O) groups is 1. The first-order valence-corrected chi connectivity index (χ1v) is 10.2. The predicted octanol–water partition coefficient (Wildman–Crippen LogP) is 4.93. The minimum absolute atomic E-state index is 0.0984. The number of nitrogens with zero attached hydrogens (tertiary/aromatic N) is 1. The minimum Gasteiger partial charge on any atom is -0.335 e. The van der Waals surface area contributed by atoms with Gasteiger partial charge in [0.1, 0.15) is 0 Å². The van der Waals surface area contributed by atoms with Crippen molar-refractivity contribution in [1.82, 2.24) is 10.2 Å². The van der Waals surface area contributed by atoms with Crippen molar-refractivity contribution >= 4 is 22.5 Å². The number of benzene rings is 2. The molecular formula is C23H29N3O. The van der Waals surface area contributed by atoms with Crippen molar-refractivity contribution < 1.29 is 4.79 Å². The lowest BCUT2D eigenvalue weighted by molar-refractivity contribution is 0.205. The molecule has 4 heteroatoms. The zero-order valence-corrected chi connectivity index (χ0v) is 15.9. The van der Waals surface area contributed by atoms with Gasteiger partial charge >= 0.3 is 6.03 Å². The lowest BCUT2D eigenvalue weighted by atomic mass is 9.98. The van der Waals surface area contributed by atoms with Crippen LogP contribution >= 0.6 is 0 Å². The van der Waals surface area contributed by atoms with Gasteiger partial charge in [0, 0.05) is 31.4 Å². The molecule has 27 heavy (non-hydrogen) atoms. The highest BCUT2D eigenvalue weighted by Gasteiger charge is 2.21. The number of rotatable bonds is 4. The Hall–Kier alpha value is -2.33. The molecule has 0 saturated carbocycles. The number of amides is 2. The molecule has 0 unspecified atom stereocenters. The molecule has 1 aliphatic heterocycles. The highest BCUT2D eigenvalue weighted by molar-refractivity contribution is 5.93. The van der Waals surface area contributed by atoms with Crippen molar-refractivity contribution in [2.24, 2.45) is 0 Å². The van der Waals surface area contributed by atoms with E-state index in [9.17, 15) is 4.79 Å². The third-order valence-corrected chi connectivity index (χ3v) is 5.74. The molecule has 0 radical (unpaired) electrons. The van der Waals surface area contributed by atoms with E-state index in [2.05, 4.69) is 33.7 Å². The Morgan fingerprint density at radius 1 is 1.04 bits per heavy atom.